The number of hydrogen-bond donors (Lipinski definition) is 1. The summed E-state index contributed by atoms with van der Waals surface area (Å²) in [5.41, 5.74) is 0.0922. The fourth-order valence-corrected chi connectivity index (χ4v) is 2.86. The summed E-state index contributed by atoms with van der Waals surface area (Å²) in [7, 11) is -4.31. The van der Waals surface area contributed by atoms with Crippen molar-refractivity contribution in [1.29, 1.82) is 0 Å². The molecule has 0 aliphatic heterocycles. The number of hydrogen-bond acceptors (Lipinski definition) is 7. The molecular formula is C13H8N3NaO4S2. The maximum absolute atomic E-state index is 11.9. The largest absolute Gasteiger partial charge is 1.00 e. The van der Waals surface area contributed by atoms with Gasteiger partial charge in [-0.3, -0.25) is 4.55 Å². The molecule has 10 heteroatoms. The molecule has 0 spiro atoms. The molecule has 3 rings (SSSR count). The Kier molecular flexibility index (Phi) is 5.50. The van der Waals surface area contributed by atoms with Gasteiger partial charge in [-0.15, -0.1) is 21.6 Å². The van der Waals surface area contributed by atoms with Gasteiger partial charge in [-0.25, -0.2) is 4.98 Å². The van der Waals surface area contributed by atoms with E-state index in [4.69, 9.17) is 4.55 Å². The van der Waals surface area contributed by atoms with E-state index in [1.165, 1.54) is 41.7 Å². The fraction of sp³-hybridized carbons (Fsp3) is 0. The summed E-state index contributed by atoms with van der Waals surface area (Å²) in [5, 5.41) is 22.8. The zero-order valence-electron chi connectivity index (χ0n) is 11.9. The van der Waals surface area contributed by atoms with Gasteiger partial charge in [0.25, 0.3) is 10.1 Å². The summed E-state index contributed by atoms with van der Waals surface area (Å²) >= 11 is 1.27. The molecule has 0 radical (unpaired) electrons. The predicted octanol–water partition coefficient (Wildman–Crippen LogP) is 0.0360. The van der Waals surface area contributed by atoms with Gasteiger partial charge >= 0.3 is 29.6 Å². The molecule has 0 saturated heterocycles. The minimum Gasteiger partial charge on any atom is -0.871 e. The van der Waals surface area contributed by atoms with E-state index < -0.39 is 10.1 Å². The van der Waals surface area contributed by atoms with Crippen LogP contribution >= 0.6 is 11.3 Å². The van der Waals surface area contributed by atoms with Crippen molar-refractivity contribution in [2.45, 2.75) is 4.90 Å². The SMILES string of the molecule is O=S(=O)(O)c1ccc2c(N=Nc3nccs3)c([O-])ccc2c1.[Na+]. The van der Waals surface area contributed by atoms with Crippen molar-refractivity contribution in [2.75, 3.05) is 0 Å². The van der Waals surface area contributed by atoms with Crippen LogP contribution in [0.4, 0.5) is 10.8 Å². The second-order valence-electron chi connectivity index (χ2n) is 4.28. The summed E-state index contributed by atoms with van der Waals surface area (Å²) in [5.74, 6) is -0.340. The first-order valence-electron chi connectivity index (χ1n) is 5.98. The average Bonchev–Trinajstić information content (AvgIpc) is 2.98. The maximum atomic E-state index is 11.9. The molecule has 7 nitrogen and oxygen atoms in total. The Balaban J connectivity index is 0.00000192. The number of rotatable bonds is 3. The summed E-state index contributed by atoms with van der Waals surface area (Å²) in [6, 6.07) is 6.63. The second kappa shape index (κ2) is 7.04. The molecule has 0 bridgehead atoms. The normalized spacial score (nSPS) is 11.7. The van der Waals surface area contributed by atoms with E-state index in [9.17, 15) is 13.5 Å². The van der Waals surface area contributed by atoms with Gasteiger partial charge in [0.1, 0.15) is 0 Å². The Morgan fingerprint density at radius 2 is 1.96 bits per heavy atom. The molecule has 0 atom stereocenters. The maximum Gasteiger partial charge on any atom is 1.00 e. The Hall–Kier alpha value is -1.36. The number of fused-ring (bicyclic) bond motifs is 1. The van der Waals surface area contributed by atoms with Gasteiger partial charge in [0.2, 0.25) is 5.13 Å². The van der Waals surface area contributed by atoms with Crippen molar-refractivity contribution in [1.82, 2.24) is 4.98 Å². The molecule has 23 heavy (non-hydrogen) atoms. The van der Waals surface area contributed by atoms with Crippen LogP contribution in [-0.4, -0.2) is 18.0 Å². The molecule has 112 valence electrons. The average molecular weight is 357 g/mol. The van der Waals surface area contributed by atoms with Gasteiger partial charge in [-0.2, -0.15) is 8.42 Å². The van der Waals surface area contributed by atoms with E-state index in [1.54, 1.807) is 11.6 Å². The summed E-state index contributed by atoms with van der Waals surface area (Å²) in [6.45, 7) is 0. The van der Waals surface area contributed by atoms with E-state index in [0.717, 1.165) is 0 Å². The smallest absolute Gasteiger partial charge is 0.871 e. The van der Waals surface area contributed by atoms with Crippen LogP contribution in [0.3, 0.4) is 0 Å². The summed E-state index contributed by atoms with van der Waals surface area (Å²) < 4.78 is 31.4. The minimum absolute atomic E-state index is 0. The number of benzene rings is 2. The number of aromatic nitrogens is 1. The molecule has 0 saturated carbocycles. The van der Waals surface area contributed by atoms with E-state index in [0.29, 0.717) is 15.9 Å². The molecule has 2 aromatic carbocycles. The summed E-state index contributed by atoms with van der Waals surface area (Å²) in [4.78, 5) is 3.68. The Labute approximate surface area is 157 Å². The summed E-state index contributed by atoms with van der Waals surface area (Å²) in [6.07, 6.45) is 1.57. The Morgan fingerprint density at radius 1 is 1.17 bits per heavy atom. The molecule has 0 aliphatic carbocycles. The molecule has 1 aromatic heterocycles. The van der Waals surface area contributed by atoms with Gasteiger partial charge in [0.05, 0.1) is 10.6 Å². The van der Waals surface area contributed by atoms with Crippen LogP contribution < -0.4 is 34.7 Å². The molecule has 1 heterocycles. The third-order valence-corrected chi connectivity index (χ3v) is 4.38. The van der Waals surface area contributed by atoms with E-state index in [2.05, 4.69) is 15.2 Å². The molecule has 3 aromatic rings. The van der Waals surface area contributed by atoms with Gasteiger partial charge in [0.15, 0.2) is 0 Å². The van der Waals surface area contributed by atoms with Crippen LogP contribution in [-0.2, 0) is 10.1 Å². The van der Waals surface area contributed by atoms with E-state index >= 15 is 0 Å². The topological polar surface area (TPSA) is 115 Å². The van der Waals surface area contributed by atoms with Crippen LogP contribution in [0.1, 0.15) is 0 Å². The van der Waals surface area contributed by atoms with Gasteiger partial charge in [-0.05, 0) is 17.5 Å². The van der Waals surface area contributed by atoms with Crippen LogP contribution in [0.15, 0.2) is 57.0 Å². The first-order valence-corrected chi connectivity index (χ1v) is 8.29. The zero-order valence-corrected chi connectivity index (χ0v) is 15.5. The predicted molar refractivity (Wildman–Crippen MR) is 79.5 cm³/mol. The molecule has 0 unspecified atom stereocenters. The fourth-order valence-electron chi connectivity index (χ4n) is 1.89. The third-order valence-electron chi connectivity index (χ3n) is 2.88. The van der Waals surface area contributed by atoms with Gasteiger partial charge in [0, 0.05) is 17.0 Å². The van der Waals surface area contributed by atoms with Gasteiger partial charge < -0.3 is 5.11 Å². The van der Waals surface area contributed by atoms with Crippen molar-refractivity contribution in [3.8, 4) is 5.75 Å². The molecule has 0 fully saturated rings. The standard InChI is InChI=1S/C13H9N3O4S2.Na/c17-11-4-1-8-7-9(22(18,19)20)2-3-10(8)12(11)15-16-13-14-5-6-21-13;/h1-7,17H,(H,18,19,20);/q;+1/p-1. The number of thiazole rings is 1. The molecular weight excluding hydrogens is 349 g/mol. The molecule has 0 aliphatic rings. The van der Waals surface area contributed by atoms with Crippen LogP contribution in [0.2, 0.25) is 0 Å². The number of nitrogens with zero attached hydrogens (tertiary/aromatic N) is 3. The quantitative estimate of drug-likeness (QED) is 0.404. The Bertz CT molecular complexity index is 972. The van der Waals surface area contributed by atoms with Crippen molar-refractivity contribution in [3.05, 3.63) is 41.9 Å². The van der Waals surface area contributed by atoms with Crippen LogP contribution in [0, 0.1) is 0 Å². The van der Waals surface area contributed by atoms with E-state index in [1.807, 2.05) is 0 Å². The molecule has 1 N–H and O–H groups in total. The second-order valence-corrected chi connectivity index (χ2v) is 6.58. The van der Waals surface area contributed by atoms with Crippen LogP contribution in [0.25, 0.3) is 10.8 Å². The zero-order chi connectivity index (χ0) is 15.7. The third kappa shape index (κ3) is 3.94. The minimum atomic E-state index is -4.31. The Morgan fingerprint density at radius 3 is 2.61 bits per heavy atom. The first kappa shape index (κ1) is 18.0. The first-order chi connectivity index (χ1) is 10.4. The van der Waals surface area contributed by atoms with Gasteiger partial charge in [-0.1, -0.05) is 23.9 Å². The van der Waals surface area contributed by atoms with Crippen molar-refractivity contribution >= 4 is 43.0 Å². The van der Waals surface area contributed by atoms with Crippen LogP contribution in [0.5, 0.6) is 5.75 Å². The number of azo groups is 1. The van der Waals surface area contributed by atoms with Crippen molar-refractivity contribution < 1.29 is 47.6 Å². The van der Waals surface area contributed by atoms with Crippen molar-refractivity contribution in [2.24, 2.45) is 10.2 Å². The van der Waals surface area contributed by atoms with Crippen molar-refractivity contribution in [3.63, 3.8) is 0 Å². The molecule has 0 amide bonds. The van der Waals surface area contributed by atoms with E-state index in [-0.39, 0.29) is 45.9 Å². The monoisotopic (exact) mass is 357 g/mol.